The summed E-state index contributed by atoms with van der Waals surface area (Å²) in [5.74, 6) is 0.0320. The Morgan fingerprint density at radius 1 is 1.40 bits per heavy atom. The Bertz CT molecular complexity index is 650. The van der Waals surface area contributed by atoms with E-state index in [1.807, 2.05) is 20.8 Å². The number of benzene rings is 1. The first-order valence-electron chi connectivity index (χ1n) is 8.53. The first kappa shape index (κ1) is 18.6. The summed E-state index contributed by atoms with van der Waals surface area (Å²) in [6.07, 6.45) is 0.626. The highest BCUT2D eigenvalue weighted by Crippen LogP contribution is 2.39. The first-order valence-corrected chi connectivity index (χ1v) is 9.32. The molecule has 2 fully saturated rings. The number of rotatable bonds is 4. The summed E-state index contributed by atoms with van der Waals surface area (Å²) in [6, 6.07) is 4.62. The Kier molecular flexibility index (Phi) is 5.37. The first-order chi connectivity index (χ1) is 11.7. The lowest BCUT2D eigenvalue weighted by Gasteiger charge is -2.48. The van der Waals surface area contributed by atoms with Gasteiger partial charge in [0.15, 0.2) is 0 Å². The van der Waals surface area contributed by atoms with Gasteiger partial charge in [0.05, 0.1) is 18.2 Å². The molecule has 1 saturated carbocycles. The van der Waals surface area contributed by atoms with Gasteiger partial charge < -0.3 is 20.1 Å². The van der Waals surface area contributed by atoms with E-state index in [9.17, 15) is 9.18 Å². The van der Waals surface area contributed by atoms with Gasteiger partial charge in [-0.05, 0) is 44.9 Å². The Hall–Kier alpha value is -1.18. The van der Waals surface area contributed by atoms with Gasteiger partial charge in [0.1, 0.15) is 11.4 Å². The molecule has 4 atom stereocenters. The van der Waals surface area contributed by atoms with Crippen LogP contribution in [0.3, 0.4) is 0 Å². The number of nitrogens with one attached hydrogen (secondary N) is 2. The number of hydrogen-bond donors (Lipinski definition) is 2. The van der Waals surface area contributed by atoms with E-state index in [4.69, 9.17) is 9.47 Å². The number of hydrogen-bond acceptors (Lipinski definition) is 4. The summed E-state index contributed by atoms with van der Waals surface area (Å²) >= 11 is 3.38. The molecule has 1 aliphatic carbocycles. The van der Waals surface area contributed by atoms with Gasteiger partial charge in [-0.15, -0.1) is 0 Å². The average Bonchev–Trinajstić information content (AvgIpc) is 2.90. The minimum absolute atomic E-state index is 0.0111. The van der Waals surface area contributed by atoms with Crippen LogP contribution < -0.4 is 10.6 Å². The van der Waals surface area contributed by atoms with Crippen LogP contribution >= 0.6 is 15.9 Å². The minimum atomic E-state index is -0.526. The van der Waals surface area contributed by atoms with Crippen molar-refractivity contribution >= 4 is 22.0 Å². The fourth-order valence-corrected chi connectivity index (χ4v) is 3.97. The number of fused-ring (bicyclic) bond motifs is 1. The lowest BCUT2D eigenvalue weighted by molar-refractivity contribution is -0.0344. The van der Waals surface area contributed by atoms with Crippen molar-refractivity contribution in [1.82, 2.24) is 10.6 Å². The summed E-state index contributed by atoms with van der Waals surface area (Å²) in [7, 11) is 0. The van der Waals surface area contributed by atoms with E-state index >= 15 is 0 Å². The van der Waals surface area contributed by atoms with Gasteiger partial charge in [0.2, 0.25) is 0 Å². The molecule has 0 bridgehead atoms. The number of carbonyl (C=O) groups is 1. The van der Waals surface area contributed by atoms with E-state index in [1.165, 1.54) is 12.1 Å². The van der Waals surface area contributed by atoms with E-state index in [1.54, 1.807) is 6.07 Å². The summed E-state index contributed by atoms with van der Waals surface area (Å²) in [5.41, 5.74) is 0.431. The molecule has 2 aliphatic rings. The third-order valence-electron chi connectivity index (χ3n) is 4.61. The lowest BCUT2D eigenvalue weighted by atomic mass is 9.71. The van der Waals surface area contributed by atoms with Crippen LogP contribution in [0.4, 0.5) is 9.18 Å². The molecule has 1 amide bonds. The number of alkyl carbamates (subject to hydrolysis) is 1. The molecule has 5 nitrogen and oxygen atoms in total. The lowest BCUT2D eigenvalue weighted by Crippen LogP contribution is -2.70. The van der Waals surface area contributed by atoms with Crippen molar-refractivity contribution in [1.29, 1.82) is 0 Å². The number of amides is 1. The third kappa shape index (κ3) is 4.33. The van der Waals surface area contributed by atoms with E-state index in [2.05, 4.69) is 26.6 Å². The maximum atomic E-state index is 13.2. The normalized spacial score (nSPS) is 28.2. The Labute approximate surface area is 155 Å². The van der Waals surface area contributed by atoms with Crippen LogP contribution in [0.15, 0.2) is 22.7 Å². The van der Waals surface area contributed by atoms with Crippen LogP contribution in [-0.4, -0.2) is 36.5 Å². The highest BCUT2D eigenvalue weighted by Gasteiger charge is 2.54. The smallest absolute Gasteiger partial charge is 0.407 e. The molecule has 2 N–H and O–H groups in total. The largest absolute Gasteiger partial charge is 0.444 e. The van der Waals surface area contributed by atoms with Crippen molar-refractivity contribution in [3.05, 3.63) is 34.1 Å². The molecule has 1 saturated heterocycles. The van der Waals surface area contributed by atoms with Crippen molar-refractivity contribution in [2.24, 2.45) is 5.92 Å². The van der Waals surface area contributed by atoms with Gasteiger partial charge in [-0.25, -0.2) is 9.18 Å². The number of halogens is 2. The predicted octanol–water partition coefficient (Wildman–Crippen LogP) is 3.36. The van der Waals surface area contributed by atoms with Gasteiger partial charge in [0, 0.05) is 23.5 Å². The Balaban J connectivity index is 1.61. The average molecular weight is 415 g/mol. The van der Waals surface area contributed by atoms with Crippen LogP contribution in [0.2, 0.25) is 0 Å². The molecular formula is C18H24BrFN2O3. The van der Waals surface area contributed by atoms with Crippen molar-refractivity contribution in [2.75, 3.05) is 6.61 Å². The molecule has 4 unspecified atom stereocenters. The zero-order valence-corrected chi connectivity index (χ0v) is 16.2. The number of carbonyl (C=O) groups excluding carboxylic acids is 1. The van der Waals surface area contributed by atoms with Crippen LogP contribution in [-0.2, 0) is 16.0 Å². The molecule has 1 aliphatic heterocycles. The van der Waals surface area contributed by atoms with Gasteiger partial charge in [-0.2, -0.15) is 0 Å². The standard InChI is InChI=1S/C18H24BrFN2O3/c1-18(2,3)25-17(23)22-14-12-6-7-24-16(12)15(14)21-9-10-4-5-11(20)8-13(10)19/h4-5,8,12,14-16,21H,6-7,9H2,1-3H3,(H,22,23). The molecule has 0 spiro atoms. The fraction of sp³-hybridized carbons (Fsp3) is 0.611. The molecule has 1 heterocycles. The van der Waals surface area contributed by atoms with E-state index in [-0.39, 0.29) is 24.0 Å². The van der Waals surface area contributed by atoms with Gasteiger partial charge in [-0.1, -0.05) is 22.0 Å². The molecule has 0 radical (unpaired) electrons. The van der Waals surface area contributed by atoms with Crippen LogP contribution in [0.25, 0.3) is 0 Å². The van der Waals surface area contributed by atoms with Crippen molar-refractivity contribution < 1.29 is 18.7 Å². The van der Waals surface area contributed by atoms with Gasteiger partial charge in [0.25, 0.3) is 0 Å². The second-order valence-corrected chi connectivity index (χ2v) is 8.46. The topological polar surface area (TPSA) is 59.6 Å². The van der Waals surface area contributed by atoms with E-state index in [0.29, 0.717) is 19.1 Å². The summed E-state index contributed by atoms with van der Waals surface area (Å²) in [5, 5.41) is 6.42. The molecule has 7 heteroatoms. The number of ether oxygens (including phenoxy) is 2. The van der Waals surface area contributed by atoms with Crippen molar-refractivity contribution in [3.8, 4) is 0 Å². The monoisotopic (exact) mass is 414 g/mol. The molecule has 3 rings (SSSR count). The quantitative estimate of drug-likeness (QED) is 0.792. The zero-order chi connectivity index (χ0) is 18.2. The van der Waals surface area contributed by atoms with Gasteiger partial charge in [-0.3, -0.25) is 0 Å². The molecule has 138 valence electrons. The Morgan fingerprint density at radius 3 is 2.84 bits per heavy atom. The summed E-state index contributed by atoms with van der Waals surface area (Å²) < 4.78 is 25.1. The van der Waals surface area contributed by atoms with Crippen LogP contribution in [0.1, 0.15) is 32.8 Å². The fourth-order valence-electron chi connectivity index (χ4n) is 3.48. The third-order valence-corrected chi connectivity index (χ3v) is 5.35. The maximum absolute atomic E-state index is 13.2. The van der Waals surface area contributed by atoms with Crippen molar-refractivity contribution in [2.45, 2.75) is 57.5 Å². The molecule has 25 heavy (non-hydrogen) atoms. The molecule has 0 aromatic heterocycles. The maximum Gasteiger partial charge on any atom is 0.407 e. The zero-order valence-electron chi connectivity index (χ0n) is 14.6. The second kappa shape index (κ2) is 7.21. The highest BCUT2D eigenvalue weighted by atomic mass is 79.9. The summed E-state index contributed by atoms with van der Waals surface area (Å²) in [6.45, 7) is 6.80. The highest BCUT2D eigenvalue weighted by molar-refractivity contribution is 9.10. The molecular weight excluding hydrogens is 391 g/mol. The molecule has 1 aromatic carbocycles. The van der Waals surface area contributed by atoms with Crippen LogP contribution in [0.5, 0.6) is 0 Å². The molecule has 1 aromatic rings. The predicted molar refractivity (Wildman–Crippen MR) is 95.7 cm³/mol. The SMILES string of the molecule is CC(C)(C)OC(=O)NC1C2CCOC2C1NCc1ccc(F)cc1Br. The second-order valence-electron chi connectivity index (χ2n) is 7.60. The summed E-state index contributed by atoms with van der Waals surface area (Å²) in [4.78, 5) is 12.1. The minimum Gasteiger partial charge on any atom is -0.444 e. The van der Waals surface area contributed by atoms with Crippen LogP contribution in [0, 0.1) is 11.7 Å². The van der Waals surface area contributed by atoms with Gasteiger partial charge >= 0.3 is 6.09 Å². The van der Waals surface area contributed by atoms with E-state index < -0.39 is 11.7 Å². The van der Waals surface area contributed by atoms with Crippen molar-refractivity contribution in [3.63, 3.8) is 0 Å². The van der Waals surface area contributed by atoms with E-state index in [0.717, 1.165) is 16.5 Å². The Morgan fingerprint density at radius 2 is 2.16 bits per heavy atom.